The Morgan fingerprint density at radius 1 is 0.967 bits per heavy atom. The van der Waals surface area contributed by atoms with Crippen LogP contribution in [0, 0.1) is 0 Å². The first-order chi connectivity index (χ1) is 14.7. The van der Waals surface area contributed by atoms with Crippen LogP contribution in [0.5, 0.6) is 5.75 Å². The van der Waals surface area contributed by atoms with Crippen LogP contribution < -0.4 is 10.1 Å². The van der Waals surface area contributed by atoms with Gasteiger partial charge in [-0.05, 0) is 37.1 Å². The van der Waals surface area contributed by atoms with Crippen molar-refractivity contribution < 1.29 is 14.3 Å². The summed E-state index contributed by atoms with van der Waals surface area (Å²) in [5.41, 5.74) is 1.11. The molecule has 1 saturated carbocycles. The summed E-state index contributed by atoms with van der Waals surface area (Å²) in [4.78, 5) is 32.3. The number of likely N-dealkylation sites (tertiary alicyclic amines) is 1. The van der Waals surface area contributed by atoms with Gasteiger partial charge in [-0.15, -0.1) is 0 Å². The first kappa shape index (κ1) is 18.6. The molecule has 1 N–H and O–H groups in total. The first-order valence-corrected chi connectivity index (χ1v) is 10.4. The van der Waals surface area contributed by atoms with Gasteiger partial charge in [-0.25, -0.2) is 4.98 Å². The minimum absolute atomic E-state index is 0.106. The SMILES string of the molecule is O=C(NC1CC1)[C@@H]1C[C@H](Oc2ccccc2)CN1C(=O)c1ccc2ccccc2n1. The number of rotatable bonds is 5. The van der Waals surface area contributed by atoms with Crippen LogP contribution in [0.3, 0.4) is 0 Å². The van der Waals surface area contributed by atoms with Crippen molar-refractivity contribution in [1.29, 1.82) is 0 Å². The van der Waals surface area contributed by atoms with E-state index >= 15 is 0 Å². The number of carbonyl (C=O) groups excluding carboxylic acids is 2. The number of fused-ring (bicyclic) bond motifs is 1. The summed E-state index contributed by atoms with van der Waals surface area (Å²) in [7, 11) is 0. The summed E-state index contributed by atoms with van der Waals surface area (Å²) >= 11 is 0. The molecule has 1 aliphatic heterocycles. The molecule has 0 unspecified atom stereocenters. The normalized spacial score (nSPS) is 20.9. The van der Waals surface area contributed by atoms with Gasteiger partial charge in [-0.2, -0.15) is 0 Å². The van der Waals surface area contributed by atoms with Gasteiger partial charge in [0, 0.05) is 17.8 Å². The summed E-state index contributed by atoms with van der Waals surface area (Å²) in [6.07, 6.45) is 2.23. The number of benzene rings is 2. The third kappa shape index (κ3) is 3.85. The molecule has 5 rings (SSSR count). The fourth-order valence-electron chi connectivity index (χ4n) is 3.90. The van der Waals surface area contributed by atoms with Crippen molar-refractivity contribution >= 4 is 22.7 Å². The van der Waals surface area contributed by atoms with Crippen LogP contribution in [0.15, 0.2) is 66.7 Å². The van der Waals surface area contributed by atoms with E-state index in [9.17, 15) is 9.59 Å². The fraction of sp³-hybridized carbons (Fsp3) is 0.292. The Balaban J connectivity index is 1.39. The summed E-state index contributed by atoms with van der Waals surface area (Å²) in [5.74, 6) is 0.392. The molecule has 1 saturated heterocycles. The van der Waals surface area contributed by atoms with Crippen LogP contribution in [0.25, 0.3) is 10.9 Å². The predicted molar refractivity (Wildman–Crippen MR) is 113 cm³/mol. The van der Waals surface area contributed by atoms with E-state index in [-0.39, 0.29) is 24.0 Å². The highest BCUT2D eigenvalue weighted by molar-refractivity contribution is 5.98. The van der Waals surface area contributed by atoms with Gasteiger partial charge in [-0.1, -0.05) is 42.5 Å². The molecule has 6 nitrogen and oxygen atoms in total. The minimum Gasteiger partial charge on any atom is -0.488 e. The van der Waals surface area contributed by atoms with E-state index in [0.29, 0.717) is 18.7 Å². The molecule has 2 aromatic carbocycles. The first-order valence-electron chi connectivity index (χ1n) is 10.4. The van der Waals surface area contributed by atoms with E-state index in [1.807, 2.05) is 60.7 Å². The molecule has 2 heterocycles. The minimum atomic E-state index is -0.555. The largest absolute Gasteiger partial charge is 0.488 e. The number of nitrogens with zero attached hydrogens (tertiary/aromatic N) is 2. The molecule has 1 aromatic heterocycles. The molecule has 0 radical (unpaired) electrons. The lowest BCUT2D eigenvalue weighted by Gasteiger charge is -2.23. The molecule has 2 fully saturated rings. The number of hydrogen-bond acceptors (Lipinski definition) is 4. The van der Waals surface area contributed by atoms with E-state index in [1.54, 1.807) is 11.0 Å². The maximum atomic E-state index is 13.3. The van der Waals surface area contributed by atoms with Crippen LogP contribution >= 0.6 is 0 Å². The predicted octanol–water partition coefficient (Wildman–Crippen LogP) is 3.18. The lowest BCUT2D eigenvalue weighted by molar-refractivity contribution is -0.125. The number of para-hydroxylation sites is 2. The molecular formula is C24H23N3O3. The molecule has 3 aromatic rings. The maximum absolute atomic E-state index is 13.3. The standard InChI is InChI=1S/C24H23N3O3/c28-23(25-17-11-12-17)22-14-19(30-18-7-2-1-3-8-18)15-27(22)24(29)21-13-10-16-6-4-5-9-20(16)26-21/h1-10,13,17,19,22H,11-12,14-15H2,(H,25,28)/t19-,22-/m0/s1. The number of ether oxygens (including phenoxy) is 1. The second-order valence-electron chi connectivity index (χ2n) is 7.93. The Kier molecular flexibility index (Phi) is 4.83. The molecule has 6 heteroatoms. The molecule has 2 amide bonds. The Bertz CT molecular complexity index is 1080. The van der Waals surface area contributed by atoms with Gasteiger partial charge in [0.25, 0.3) is 5.91 Å². The van der Waals surface area contributed by atoms with E-state index in [4.69, 9.17) is 4.74 Å². The quantitative estimate of drug-likeness (QED) is 0.713. The molecular weight excluding hydrogens is 378 g/mol. The monoisotopic (exact) mass is 401 g/mol. The van der Waals surface area contributed by atoms with Gasteiger partial charge in [0.05, 0.1) is 12.1 Å². The fourth-order valence-corrected chi connectivity index (χ4v) is 3.90. The average Bonchev–Trinajstić information content (AvgIpc) is 3.50. The van der Waals surface area contributed by atoms with Crippen LogP contribution in [0.2, 0.25) is 0 Å². The Morgan fingerprint density at radius 2 is 1.73 bits per heavy atom. The van der Waals surface area contributed by atoms with Crippen LogP contribution in [0.1, 0.15) is 29.8 Å². The third-order valence-electron chi connectivity index (χ3n) is 5.61. The zero-order valence-electron chi connectivity index (χ0n) is 16.5. The molecule has 0 spiro atoms. The molecule has 0 bridgehead atoms. The molecule has 2 aliphatic rings. The van der Waals surface area contributed by atoms with Crippen molar-refractivity contribution in [3.05, 3.63) is 72.4 Å². The van der Waals surface area contributed by atoms with Crippen molar-refractivity contribution in [2.75, 3.05) is 6.54 Å². The number of carbonyl (C=O) groups is 2. The van der Waals surface area contributed by atoms with Gasteiger partial charge < -0.3 is 15.0 Å². The zero-order valence-corrected chi connectivity index (χ0v) is 16.5. The number of amides is 2. The number of aromatic nitrogens is 1. The second-order valence-corrected chi connectivity index (χ2v) is 7.93. The number of hydrogen-bond donors (Lipinski definition) is 1. The highest BCUT2D eigenvalue weighted by Gasteiger charge is 2.42. The number of pyridine rings is 1. The average molecular weight is 401 g/mol. The Hall–Kier alpha value is -3.41. The van der Waals surface area contributed by atoms with E-state index < -0.39 is 6.04 Å². The highest BCUT2D eigenvalue weighted by Crippen LogP contribution is 2.27. The lowest BCUT2D eigenvalue weighted by atomic mass is 10.1. The summed E-state index contributed by atoms with van der Waals surface area (Å²) in [5, 5.41) is 4.01. The molecule has 30 heavy (non-hydrogen) atoms. The van der Waals surface area contributed by atoms with Crippen molar-refractivity contribution in [1.82, 2.24) is 15.2 Å². The lowest BCUT2D eigenvalue weighted by Crippen LogP contribution is -2.46. The summed E-state index contributed by atoms with van der Waals surface area (Å²) < 4.78 is 6.07. The summed E-state index contributed by atoms with van der Waals surface area (Å²) in [6.45, 7) is 0.352. The smallest absolute Gasteiger partial charge is 0.273 e. The Morgan fingerprint density at radius 3 is 2.53 bits per heavy atom. The van der Waals surface area contributed by atoms with E-state index in [1.165, 1.54) is 0 Å². The van der Waals surface area contributed by atoms with Crippen LogP contribution in [-0.2, 0) is 4.79 Å². The summed E-state index contributed by atoms with van der Waals surface area (Å²) in [6, 6.07) is 20.5. The highest BCUT2D eigenvalue weighted by atomic mass is 16.5. The topological polar surface area (TPSA) is 71.5 Å². The van der Waals surface area contributed by atoms with E-state index in [2.05, 4.69) is 10.3 Å². The molecule has 1 aliphatic carbocycles. The Labute approximate surface area is 174 Å². The van der Waals surface area contributed by atoms with Crippen molar-refractivity contribution in [3.63, 3.8) is 0 Å². The van der Waals surface area contributed by atoms with Crippen LogP contribution in [-0.4, -0.2) is 46.4 Å². The van der Waals surface area contributed by atoms with Crippen LogP contribution in [0.4, 0.5) is 0 Å². The maximum Gasteiger partial charge on any atom is 0.273 e. The van der Waals surface area contributed by atoms with Crippen molar-refractivity contribution in [3.8, 4) is 5.75 Å². The van der Waals surface area contributed by atoms with Gasteiger partial charge >= 0.3 is 0 Å². The van der Waals surface area contributed by atoms with Gasteiger partial charge in [0.15, 0.2) is 0 Å². The molecule has 152 valence electrons. The van der Waals surface area contributed by atoms with Gasteiger partial charge in [0.2, 0.25) is 5.91 Å². The van der Waals surface area contributed by atoms with Crippen molar-refractivity contribution in [2.24, 2.45) is 0 Å². The third-order valence-corrected chi connectivity index (χ3v) is 5.61. The van der Waals surface area contributed by atoms with Gasteiger partial charge in [-0.3, -0.25) is 9.59 Å². The van der Waals surface area contributed by atoms with Crippen molar-refractivity contribution in [2.45, 2.75) is 37.5 Å². The number of nitrogens with one attached hydrogen (secondary N) is 1. The van der Waals surface area contributed by atoms with Gasteiger partial charge in [0.1, 0.15) is 23.6 Å². The van der Waals surface area contributed by atoms with E-state index in [0.717, 1.165) is 29.5 Å². The zero-order chi connectivity index (χ0) is 20.5. The molecule has 2 atom stereocenters. The second kappa shape index (κ2) is 7.78.